The molecule has 0 spiro atoms. The molecule has 3 atom stereocenters. The summed E-state index contributed by atoms with van der Waals surface area (Å²) in [5.41, 5.74) is 0. The molecule has 4 heteroatoms. The van der Waals surface area contributed by atoms with Crippen LogP contribution < -0.4 is 0 Å². The maximum Gasteiger partial charge on any atom is 0.309 e. The molecular formula is C15H26O4. The molecule has 2 rings (SSSR count). The van der Waals surface area contributed by atoms with Crippen molar-refractivity contribution in [1.29, 1.82) is 0 Å². The summed E-state index contributed by atoms with van der Waals surface area (Å²) >= 11 is 0. The third-order valence-corrected chi connectivity index (χ3v) is 4.69. The molecule has 0 aromatic rings. The highest BCUT2D eigenvalue weighted by atomic mass is 16.5. The molecule has 0 heterocycles. The number of rotatable bonds is 3. The number of carbonyl (C=O) groups excluding carboxylic acids is 1. The summed E-state index contributed by atoms with van der Waals surface area (Å²) in [4.78, 5) is 12.1. The fourth-order valence-corrected chi connectivity index (χ4v) is 3.32. The smallest absolute Gasteiger partial charge is 0.309 e. The van der Waals surface area contributed by atoms with E-state index in [1.165, 1.54) is 0 Å². The molecule has 0 saturated heterocycles. The number of hydrogen-bond donors (Lipinski definition) is 2. The Morgan fingerprint density at radius 2 is 1.74 bits per heavy atom. The van der Waals surface area contributed by atoms with Gasteiger partial charge in [0.05, 0.1) is 18.1 Å². The minimum atomic E-state index is -0.341. The van der Waals surface area contributed by atoms with Gasteiger partial charge in [0.15, 0.2) is 0 Å². The highest BCUT2D eigenvalue weighted by Crippen LogP contribution is 2.30. The molecule has 110 valence electrons. The first-order valence-electron chi connectivity index (χ1n) is 7.63. The maximum atomic E-state index is 12.1. The number of esters is 1. The Morgan fingerprint density at radius 3 is 2.37 bits per heavy atom. The lowest BCUT2D eigenvalue weighted by Crippen LogP contribution is -2.33. The van der Waals surface area contributed by atoms with Gasteiger partial charge in [0.2, 0.25) is 0 Å². The average molecular weight is 270 g/mol. The van der Waals surface area contributed by atoms with Gasteiger partial charge in [0.1, 0.15) is 6.10 Å². The quantitative estimate of drug-likeness (QED) is 0.770. The van der Waals surface area contributed by atoms with Crippen LogP contribution in [0.4, 0.5) is 0 Å². The first-order chi connectivity index (χ1) is 9.06. The van der Waals surface area contributed by atoms with E-state index >= 15 is 0 Å². The van der Waals surface area contributed by atoms with E-state index in [1.807, 2.05) is 6.92 Å². The summed E-state index contributed by atoms with van der Waals surface area (Å²) in [6.45, 7) is 1.96. The van der Waals surface area contributed by atoms with Crippen molar-refractivity contribution >= 4 is 5.97 Å². The SMILES string of the molecule is CC(OC(=O)C1CCC[C@@H](O)C1)C1CCC(O)CC1. The topological polar surface area (TPSA) is 66.8 Å². The van der Waals surface area contributed by atoms with E-state index in [0.29, 0.717) is 12.3 Å². The third-order valence-electron chi connectivity index (χ3n) is 4.69. The molecule has 2 aliphatic carbocycles. The Morgan fingerprint density at radius 1 is 1.05 bits per heavy atom. The summed E-state index contributed by atoms with van der Waals surface area (Å²) in [5, 5.41) is 19.1. The van der Waals surface area contributed by atoms with Gasteiger partial charge in [-0.1, -0.05) is 6.42 Å². The molecule has 0 bridgehead atoms. The van der Waals surface area contributed by atoms with Gasteiger partial charge in [-0.3, -0.25) is 4.79 Å². The van der Waals surface area contributed by atoms with Crippen molar-refractivity contribution in [3.63, 3.8) is 0 Å². The second-order valence-electron chi connectivity index (χ2n) is 6.23. The summed E-state index contributed by atoms with van der Waals surface area (Å²) in [7, 11) is 0. The van der Waals surface area contributed by atoms with Crippen LogP contribution in [0.2, 0.25) is 0 Å². The highest BCUT2D eigenvalue weighted by Gasteiger charge is 2.31. The van der Waals surface area contributed by atoms with Gasteiger partial charge >= 0.3 is 5.97 Å². The summed E-state index contributed by atoms with van der Waals surface area (Å²) in [5.74, 6) is 0.110. The van der Waals surface area contributed by atoms with E-state index in [-0.39, 0.29) is 30.2 Å². The predicted molar refractivity (Wildman–Crippen MR) is 71.5 cm³/mol. The molecule has 0 aromatic heterocycles. The van der Waals surface area contributed by atoms with Crippen LogP contribution in [0.5, 0.6) is 0 Å². The second-order valence-corrected chi connectivity index (χ2v) is 6.23. The molecule has 2 aliphatic rings. The van der Waals surface area contributed by atoms with E-state index in [2.05, 4.69) is 0 Å². The number of aliphatic hydroxyl groups is 2. The van der Waals surface area contributed by atoms with Crippen molar-refractivity contribution in [2.24, 2.45) is 11.8 Å². The number of hydrogen-bond acceptors (Lipinski definition) is 4. The Labute approximate surface area is 115 Å². The van der Waals surface area contributed by atoms with Crippen LogP contribution in [0.1, 0.15) is 58.3 Å². The van der Waals surface area contributed by atoms with Crippen molar-refractivity contribution in [2.45, 2.75) is 76.6 Å². The Bertz CT molecular complexity index is 297. The van der Waals surface area contributed by atoms with Crippen LogP contribution in [-0.2, 0) is 9.53 Å². The fourth-order valence-electron chi connectivity index (χ4n) is 3.32. The standard InChI is InChI=1S/C15H26O4/c1-10(11-5-7-13(16)8-6-11)19-15(18)12-3-2-4-14(17)9-12/h10-14,16-17H,2-9H2,1H3/t10?,11?,12?,13?,14-/m1/s1. The first-order valence-corrected chi connectivity index (χ1v) is 7.63. The van der Waals surface area contributed by atoms with Gasteiger partial charge in [-0.2, -0.15) is 0 Å². The summed E-state index contributed by atoms with van der Waals surface area (Å²) in [6.07, 6.45) is 6.01. The van der Waals surface area contributed by atoms with E-state index in [4.69, 9.17) is 4.74 Å². The molecular weight excluding hydrogens is 244 g/mol. The Balaban J connectivity index is 1.78. The highest BCUT2D eigenvalue weighted by molar-refractivity contribution is 5.72. The molecule has 0 amide bonds. The lowest BCUT2D eigenvalue weighted by atomic mass is 9.84. The molecule has 0 aliphatic heterocycles. The lowest BCUT2D eigenvalue weighted by Gasteiger charge is -2.31. The maximum absolute atomic E-state index is 12.1. The molecule has 2 fully saturated rings. The first kappa shape index (κ1) is 14.8. The zero-order valence-corrected chi connectivity index (χ0v) is 11.8. The number of ether oxygens (including phenoxy) is 1. The second kappa shape index (κ2) is 6.71. The summed E-state index contributed by atoms with van der Waals surface area (Å²) < 4.78 is 5.58. The molecule has 2 unspecified atom stereocenters. The van der Waals surface area contributed by atoms with Crippen LogP contribution in [0, 0.1) is 11.8 Å². The van der Waals surface area contributed by atoms with E-state index in [0.717, 1.165) is 44.9 Å². The van der Waals surface area contributed by atoms with E-state index in [1.54, 1.807) is 0 Å². The largest absolute Gasteiger partial charge is 0.462 e. The molecule has 2 saturated carbocycles. The third kappa shape index (κ3) is 4.18. The molecule has 4 nitrogen and oxygen atoms in total. The zero-order valence-electron chi connectivity index (χ0n) is 11.8. The van der Waals surface area contributed by atoms with Crippen molar-refractivity contribution in [3.05, 3.63) is 0 Å². The van der Waals surface area contributed by atoms with Crippen LogP contribution in [-0.4, -0.2) is 34.5 Å². The van der Waals surface area contributed by atoms with Gasteiger partial charge in [0, 0.05) is 0 Å². The molecule has 19 heavy (non-hydrogen) atoms. The Kier molecular flexibility index (Phi) is 5.22. The van der Waals surface area contributed by atoms with Gasteiger partial charge in [-0.05, 0) is 57.8 Å². The van der Waals surface area contributed by atoms with Crippen LogP contribution >= 0.6 is 0 Å². The van der Waals surface area contributed by atoms with Gasteiger partial charge in [-0.25, -0.2) is 0 Å². The minimum absolute atomic E-state index is 0.0703. The Hall–Kier alpha value is -0.610. The minimum Gasteiger partial charge on any atom is -0.462 e. The monoisotopic (exact) mass is 270 g/mol. The van der Waals surface area contributed by atoms with E-state index < -0.39 is 0 Å². The summed E-state index contributed by atoms with van der Waals surface area (Å²) in [6, 6.07) is 0. The van der Waals surface area contributed by atoms with Crippen LogP contribution in [0.15, 0.2) is 0 Å². The molecule has 0 aromatic carbocycles. The molecule has 2 N–H and O–H groups in total. The normalized spacial score (nSPS) is 37.6. The fraction of sp³-hybridized carbons (Fsp3) is 0.933. The van der Waals surface area contributed by atoms with Crippen molar-refractivity contribution < 1.29 is 19.7 Å². The van der Waals surface area contributed by atoms with E-state index in [9.17, 15) is 15.0 Å². The van der Waals surface area contributed by atoms with Crippen molar-refractivity contribution in [2.75, 3.05) is 0 Å². The number of carbonyl (C=O) groups is 1. The van der Waals surface area contributed by atoms with Crippen molar-refractivity contribution in [1.82, 2.24) is 0 Å². The van der Waals surface area contributed by atoms with Crippen LogP contribution in [0.25, 0.3) is 0 Å². The molecule has 0 radical (unpaired) electrons. The zero-order chi connectivity index (χ0) is 13.8. The van der Waals surface area contributed by atoms with Crippen molar-refractivity contribution in [3.8, 4) is 0 Å². The number of aliphatic hydroxyl groups excluding tert-OH is 2. The van der Waals surface area contributed by atoms with Gasteiger partial charge in [0.25, 0.3) is 0 Å². The lowest BCUT2D eigenvalue weighted by molar-refractivity contribution is -0.159. The predicted octanol–water partition coefficient (Wildman–Crippen LogP) is 2.02. The van der Waals surface area contributed by atoms with Gasteiger partial charge in [-0.15, -0.1) is 0 Å². The van der Waals surface area contributed by atoms with Gasteiger partial charge < -0.3 is 14.9 Å². The van der Waals surface area contributed by atoms with Crippen LogP contribution in [0.3, 0.4) is 0 Å². The average Bonchev–Trinajstić information content (AvgIpc) is 2.39.